The van der Waals surface area contributed by atoms with Crippen LogP contribution < -0.4 is 10.6 Å². The van der Waals surface area contributed by atoms with Crippen molar-refractivity contribution in [2.24, 2.45) is 12.0 Å². The Hall–Kier alpha value is -5.74. The zero-order chi connectivity index (χ0) is 39.5. The first-order valence-corrected chi connectivity index (χ1v) is 18.3. The summed E-state index contributed by atoms with van der Waals surface area (Å²) in [5.41, 5.74) is 6.99. The monoisotopic (exact) mass is 745 g/mol. The van der Waals surface area contributed by atoms with Gasteiger partial charge in [-0.1, -0.05) is 31.2 Å². The number of allylic oxidation sites excluding steroid dienone is 4. The van der Waals surface area contributed by atoms with Crippen molar-refractivity contribution < 1.29 is 23.8 Å². The summed E-state index contributed by atoms with van der Waals surface area (Å²) in [5.74, 6) is 0.340. The third kappa shape index (κ3) is 9.32. The number of anilines is 2. The van der Waals surface area contributed by atoms with Gasteiger partial charge in [0, 0.05) is 57.9 Å². The van der Waals surface area contributed by atoms with Gasteiger partial charge in [-0.3, -0.25) is 19.5 Å². The molecule has 4 aromatic rings. The minimum Gasteiger partial charge on any atom is -0.400 e. The molecule has 3 N–H and O–H groups in total. The number of nitrogens with one attached hydrogen (secondary N) is 2. The summed E-state index contributed by atoms with van der Waals surface area (Å²) in [6, 6.07) is 17.6. The van der Waals surface area contributed by atoms with Gasteiger partial charge >= 0.3 is 0 Å². The lowest BCUT2D eigenvalue weighted by molar-refractivity contribution is -0.117. The zero-order valence-electron chi connectivity index (χ0n) is 31.9. The van der Waals surface area contributed by atoms with E-state index in [0.717, 1.165) is 91.9 Å². The maximum absolute atomic E-state index is 14.2. The summed E-state index contributed by atoms with van der Waals surface area (Å²) in [5, 5.41) is 21.9. The van der Waals surface area contributed by atoms with Crippen LogP contribution in [0.1, 0.15) is 65.5 Å². The molecule has 0 saturated heterocycles. The molecule has 12 heteroatoms. The van der Waals surface area contributed by atoms with Crippen molar-refractivity contribution in [2.75, 3.05) is 44.5 Å². The summed E-state index contributed by atoms with van der Waals surface area (Å²) in [7, 11) is 4.70. The van der Waals surface area contributed by atoms with Gasteiger partial charge in [-0.25, -0.2) is 9.37 Å². The van der Waals surface area contributed by atoms with Crippen LogP contribution in [0.5, 0.6) is 0 Å². The van der Waals surface area contributed by atoms with E-state index >= 15 is 0 Å². The highest BCUT2D eigenvalue weighted by molar-refractivity contribution is 6.10. The van der Waals surface area contributed by atoms with Crippen LogP contribution >= 0.6 is 0 Å². The van der Waals surface area contributed by atoms with E-state index < -0.39 is 5.41 Å². The number of hydrogen-bond donors (Lipinski definition) is 3. The van der Waals surface area contributed by atoms with Gasteiger partial charge in [0.15, 0.2) is 0 Å². The van der Waals surface area contributed by atoms with E-state index in [1.54, 1.807) is 19.2 Å². The first-order valence-electron chi connectivity index (χ1n) is 18.3. The Balaban J connectivity index is 0.000000768. The summed E-state index contributed by atoms with van der Waals surface area (Å²) in [6.07, 6.45) is 11.8. The van der Waals surface area contributed by atoms with Gasteiger partial charge < -0.3 is 25.0 Å². The fourth-order valence-corrected chi connectivity index (χ4v) is 6.74. The molecule has 55 heavy (non-hydrogen) atoms. The van der Waals surface area contributed by atoms with E-state index in [1.165, 1.54) is 6.07 Å². The predicted molar refractivity (Wildman–Crippen MR) is 215 cm³/mol. The maximum atomic E-state index is 14.2. The molecule has 1 saturated carbocycles. The second-order valence-electron chi connectivity index (χ2n) is 13.5. The Labute approximate surface area is 321 Å². The Morgan fingerprint density at radius 3 is 2.64 bits per heavy atom. The maximum Gasteiger partial charge on any atom is 0.255 e. The van der Waals surface area contributed by atoms with Gasteiger partial charge in [0.05, 0.1) is 40.3 Å². The summed E-state index contributed by atoms with van der Waals surface area (Å²) < 4.78 is 20.9. The molecule has 3 heterocycles. The number of aromatic nitrogens is 2. The molecule has 1 aliphatic carbocycles. The van der Waals surface area contributed by atoms with E-state index in [9.17, 15) is 14.0 Å². The molecule has 2 aliphatic heterocycles. The quantitative estimate of drug-likeness (QED) is 0.111. The molecule has 2 amide bonds. The number of fused-ring (bicyclic) bond motifs is 3. The molecule has 7 rings (SSSR count). The Morgan fingerprint density at radius 1 is 1.20 bits per heavy atom. The molecule has 0 bridgehead atoms. The molecule has 0 unspecified atom stereocenters. The standard InChI is InChI=1S/C38H34FN7O2.C4H10O.CH4O/c1-41-31(6-4-3-5-25-8-7-24(22-40)19-30(25)39)26-13-17-46(18-14-26)23-35-43-33-20-27(9-12-34(33)45(35)2)36(47)42-28-10-11-32-29(21-28)38(15-16-38)37(48)44-32;1-3-4-5-2;1-2/h3-4,6-13,19-21H,1,5,14-18,23H2,2H3,(H,42,47)(H,44,48);3-4H2,1-2H3;2H,1H3/b4-3-,31-6-;;. The van der Waals surface area contributed by atoms with E-state index in [-0.39, 0.29) is 17.6 Å². The molecule has 1 spiro atoms. The topological polar surface area (TPSA) is 145 Å². The number of carbonyl (C=O) groups is 2. The van der Waals surface area contributed by atoms with Crippen molar-refractivity contribution in [1.82, 2.24) is 14.5 Å². The van der Waals surface area contributed by atoms with Crippen molar-refractivity contribution in [2.45, 2.75) is 51.0 Å². The van der Waals surface area contributed by atoms with E-state index in [1.807, 2.05) is 67.7 Å². The van der Waals surface area contributed by atoms with Crippen LogP contribution in [0.2, 0.25) is 0 Å². The molecule has 0 atom stereocenters. The first kappa shape index (κ1) is 40.4. The minimum absolute atomic E-state index is 0.0503. The lowest BCUT2D eigenvalue weighted by Crippen LogP contribution is -2.29. The van der Waals surface area contributed by atoms with Gasteiger partial charge in [0.2, 0.25) is 5.91 Å². The van der Waals surface area contributed by atoms with Crippen LogP contribution in [-0.2, 0) is 35.0 Å². The van der Waals surface area contributed by atoms with Gasteiger partial charge in [0.25, 0.3) is 5.91 Å². The van der Waals surface area contributed by atoms with Gasteiger partial charge in [-0.05, 0) is 110 Å². The van der Waals surface area contributed by atoms with E-state index in [2.05, 4.69) is 44.8 Å². The van der Waals surface area contributed by atoms with Crippen molar-refractivity contribution in [1.29, 1.82) is 5.26 Å². The number of hydrogen-bond acceptors (Lipinski definition) is 8. The van der Waals surface area contributed by atoms with Crippen molar-refractivity contribution in [3.05, 3.63) is 124 Å². The molecule has 3 aliphatic rings. The number of imidazole rings is 1. The zero-order valence-corrected chi connectivity index (χ0v) is 31.9. The molecule has 1 aromatic heterocycles. The average Bonchev–Trinajstić information content (AvgIpc) is 3.90. The fourth-order valence-electron chi connectivity index (χ4n) is 6.74. The van der Waals surface area contributed by atoms with Crippen molar-refractivity contribution in [3.63, 3.8) is 0 Å². The number of halogens is 1. The first-order chi connectivity index (χ1) is 26.7. The Kier molecular flexibility index (Phi) is 13.6. The number of ether oxygens (including phenoxy) is 1. The Bertz CT molecular complexity index is 2190. The summed E-state index contributed by atoms with van der Waals surface area (Å²) >= 11 is 0. The highest BCUT2D eigenvalue weighted by atomic mass is 19.1. The van der Waals surface area contributed by atoms with Crippen LogP contribution in [0, 0.1) is 17.1 Å². The molecule has 1 fully saturated rings. The molecular weight excluding hydrogens is 698 g/mol. The lowest BCUT2D eigenvalue weighted by Gasteiger charge is -2.26. The number of amides is 2. The second-order valence-corrected chi connectivity index (χ2v) is 13.5. The molecule has 11 nitrogen and oxygen atoms in total. The lowest BCUT2D eigenvalue weighted by atomic mass is 9.97. The van der Waals surface area contributed by atoms with Gasteiger partial charge in [0.1, 0.15) is 11.6 Å². The summed E-state index contributed by atoms with van der Waals surface area (Å²) in [4.78, 5) is 37.0. The predicted octanol–water partition coefficient (Wildman–Crippen LogP) is 6.99. The number of aliphatic hydroxyl groups excluding tert-OH is 1. The fraction of sp³-hybridized carbons (Fsp3) is 0.326. The molecule has 286 valence electrons. The number of aliphatic imine (C=N–C) groups is 1. The number of methoxy groups -OCH3 is 1. The van der Waals surface area contributed by atoms with Crippen LogP contribution in [0.15, 0.2) is 95.2 Å². The number of nitriles is 1. The van der Waals surface area contributed by atoms with Gasteiger partial charge in [-0.15, -0.1) is 0 Å². The number of aryl methyl sites for hydroxylation is 1. The normalized spacial score (nSPS) is 15.6. The third-order valence-electron chi connectivity index (χ3n) is 9.94. The molecule has 3 aromatic carbocycles. The number of carbonyl (C=O) groups excluding carboxylic acids is 2. The van der Waals surface area contributed by atoms with Crippen LogP contribution in [0.3, 0.4) is 0 Å². The number of aliphatic hydroxyl groups is 1. The third-order valence-corrected chi connectivity index (χ3v) is 9.94. The highest BCUT2D eigenvalue weighted by Gasteiger charge is 2.56. The smallest absolute Gasteiger partial charge is 0.255 e. The average molecular weight is 746 g/mol. The highest BCUT2D eigenvalue weighted by Crippen LogP contribution is 2.55. The van der Waals surface area contributed by atoms with Crippen LogP contribution in [0.4, 0.5) is 15.8 Å². The number of nitrogens with zero attached hydrogens (tertiary/aromatic N) is 5. The van der Waals surface area contributed by atoms with Crippen LogP contribution in [0.25, 0.3) is 11.0 Å². The number of rotatable bonds is 11. The largest absolute Gasteiger partial charge is 0.400 e. The minimum atomic E-state index is -0.415. The summed E-state index contributed by atoms with van der Waals surface area (Å²) in [6.45, 7) is 8.91. The Morgan fingerprint density at radius 2 is 2.00 bits per heavy atom. The van der Waals surface area contributed by atoms with E-state index in [0.29, 0.717) is 35.3 Å². The van der Waals surface area contributed by atoms with E-state index in [4.69, 9.17) is 20.1 Å². The SMILES string of the molecule is C=N/C(=C\C=C/Cc1ccc(C#N)cc1F)C1=CCN(Cc2nc3cc(C(=O)Nc4ccc5c(c4)C4(CC4)C(=O)N5)ccc3n2C)CC1.CCCOC.CO. The van der Waals surface area contributed by atoms with Crippen LogP contribution in [-0.4, -0.2) is 72.0 Å². The number of benzene rings is 3. The van der Waals surface area contributed by atoms with Crippen molar-refractivity contribution >= 4 is 40.9 Å². The van der Waals surface area contributed by atoms with Gasteiger partial charge in [-0.2, -0.15) is 5.26 Å². The second kappa shape index (κ2) is 18.5. The van der Waals surface area contributed by atoms with Crippen molar-refractivity contribution in [3.8, 4) is 6.07 Å². The molecular formula is C43H48FN7O4. The molecule has 0 radical (unpaired) electrons.